The Hall–Kier alpha value is -4.08. The molecule has 148 valence electrons. The summed E-state index contributed by atoms with van der Waals surface area (Å²) in [6.45, 7) is 0. The predicted octanol–water partition coefficient (Wildman–Crippen LogP) is 2.52. The number of nitrogens with one attached hydrogen (secondary N) is 1. The van der Waals surface area contributed by atoms with Crippen LogP contribution < -0.4 is 10.4 Å². The Morgan fingerprint density at radius 1 is 1.17 bits per heavy atom. The monoisotopic (exact) mass is 403 g/mol. The van der Waals surface area contributed by atoms with E-state index in [1.165, 1.54) is 21.5 Å². The molecule has 4 heterocycles. The SMILES string of the molecule is O=c1[nH]c2cnc(-n3nnc4ccccc43)nc2n1[C@H]1CCc2cccc(F)c2O1. The number of aromatic nitrogens is 7. The summed E-state index contributed by atoms with van der Waals surface area (Å²) in [6, 6.07) is 12.2. The predicted molar refractivity (Wildman–Crippen MR) is 105 cm³/mol. The van der Waals surface area contributed by atoms with E-state index in [4.69, 9.17) is 4.74 Å². The lowest BCUT2D eigenvalue weighted by Gasteiger charge is -2.26. The number of halogens is 1. The van der Waals surface area contributed by atoms with Gasteiger partial charge in [0.25, 0.3) is 5.95 Å². The Labute approximate surface area is 167 Å². The van der Waals surface area contributed by atoms with E-state index >= 15 is 0 Å². The van der Waals surface area contributed by atoms with Gasteiger partial charge < -0.3 is 9.72 Å². The van der Waals surface area contributed by atoms with Gasteiger partial charge in [0.15, 0.2) is 23.4 Å². The number of hydrogen-bond donors (Lipinski definition) is 1. The summed E-state index contributed by atoms with van der Waals surface area (Å²) in [5.41, 5.74) is 2.64. The zero-order valence-corrected chi connectivity index (χ0v) is 15.5. The maximum absolute atomic E-state index is 14.2. The first-order chi connectivity index (χ1) is 14.7. The largest absolute Gasteiger partial charge is 0.467 e. The number of nitrogens with zero attached hydrogens (tertiary/aromatic N) is 6. The van der Waals surface area contributed by atoms with Crippen molar-refractivity contribution >= 4 is 22.2 Å². The molecule has 6 rings (SSSR count). The molecule has 0 spiro atoms. The standard InChI is InChI=1S/C20H14FN7O2/c21-12-5-3-4-11-8-9-16(30-17(11)12)27-18-14(23-20(27)29)10-22-19(24-18)28-15-7-2-1-6-13(15)25-26-28/h1-7,10,16H,8-9H2,(H,23,29)/t16-/m1/s1. The molecule has 30 heavy (non-hydrogen) atoms. The molecular formula is C20H14FN7O2. The molecule has 9 nitrogen and oxygen atoms in total. The molecule has 2 aromatic carbocycles. The highest BCUT2D eigenvalue weighted by molar-refractivity contribution is 5.76. The van der Waals surface area contributed by atoms with Crippen LogP contribution in [0.5, 0.6) is 5.75 Å². The molecule has 10 heteroatoms. The van der Waals surface area contributed by atoms with Crippen LogP contribution in [0.15, 0.2) is 53.5 Å². The average Bonchev–Trinajstić information content (AvgIpc) is 3.34. The van der Waals surface area contributed by atoms with Crippen LogP contribution in [0.3, 0.4) is 0 Å². The molecule has 1 atom stereocenters. The molecule has 0 bridgehead atoms. The van der Waals surface area contributed by atoms with Crippen LogP contribution in [0, 0.1) is 5.82 Å². The summed E-state index contributed by atoms with van der Waals surface area (Å²) in [5.74, 6) is -0.00706. The molecule has 1 N–H and O–H groups in total. The Morgan fingerprint density at radius 3 is 3.00 bits per heavy atom. The Morgan fingerprint density at radius 2 is 2.07 bits per heavy atom. The van der Waals surface area contributed by atoms with Gasteiger partial charge in [0.2, 0.25) is 0 Å². The van der Waals surface area contributed by atoms with Crippen LogP contribution >= 0.6 is 0 Å². The number of hydrogen-bond acceptors (Lipinski definition) is 6. The lowest BCUT2D eigenvalue weighted by Crippen LogP contribution is -2.29. The smallest absolute Gasteiger partial charge is 0.330 e. The highest BCUT2D eigenvalue weighted by atomic mass is 19.1. The molecule has 1 aliphatic heterocycles. The van der Waals surface area contributed by atoms with Gasteiger partial charge >= 0.3 is 5.69 Å². The maximum atomic E-state index is 14.2. The number of H-pyrrole nitrogens is 1. The minimum absolute atomic E-state index is 0.173. The molecule has 5 aromatic rings. The zero-order valence-electron chi connectivity index (χ0n) is 15.5. The minimum Gasteiger partial charge on any atom is -0.467 e. The first kappa shape index (κ1) is 16.8. The van der Waals surface area contributed by atoms with Crippen LogP contribution in [0.25, 0.3) is 28.1 Å². The normalized spacial score (nSPS) is 16.0. The molecular weight excluding hydrogens is 389 g/mol. The summed E-state index contributed by atoms with van der Waals surface area (Å²) >= 11 is 0. The second-order valence-corrected chi connectivity index (χ2v) is 7.04. The number of rotatable bonds is 2. The van der Waals surface area contributed by atoms with E-state index in [9.17, 15) is 9.18 Å². The molecule has 0 radical (unpaired) electrons. The van der Waals surface area contributed by atoms with Crippen molar-refractivity contribution in [3.63, 3.8) is 0 Å². The third-order valence-electron chi connectivity index (χ3n) is 5.24. The van der Waals surface area contributed by atoms with Crippen molar-refractivity contribution in [1.29, 1.82) is 0 Å². The van der Waals surface area contributed by atoms with E-state index in [1.54, 1.807) is 6.07 Å². The minimum atomic E-state index is -0.689. The van der Waals surface area contributed by atoms with Gasteiger partial charge in [0, 0.05) is 6.42 Å². The van der Waals surface area contributed by atoms with Crippen molar-refractivity contribution in [2.75, 3.05) is 0 Å². The van der Waals surface area contributed by atoms with Crippen LogP contribution in [0.2, 0.25) is 0 Å². The molecule has 3 aromatic heterocycles. The lowest BCUT2D eigenvalue weighted by atomic mass is 10.0. The lowest BCUT2D eigenvalue weighted by molar-refractivity contribution is 0.101. The second-order valence-electron chi connectivity index (χ2n) is 7.04. The molecule has 0 saturated heterocycles. The summed E-state index contributed by atoms with van der Waals surface area (Å²) in [7, 11) is 0. The van der Waals surface area contributed by atoms with Gasteiger partial charge in [-0.3, -0.25) is 0 Å². The number of fused-ring (bicyclic) bond motifs is 3. The molecule has 1 aliphatic rings. The molecule has 0 fully saturated rings. The topological polar surface area (TPSA) is 104 Å². The van der Waals surface area contributed by atoms with Crippen molar-refractivity contribution < 1.29 is 9.13 Å². The summed E-state index contributed by atoms with van der Waals surface area (Å²) < 4.78 is 23.0. The highest BCUT2D eigenvalue weighted by Crippen LogP contribution is 2.34. The van der Waals surface area contributed by atoms with Crippen LogP contribution in [-0.4, -0.2) is 34.5 Å². The average molecular weight is 403 g/mol. The first-order valence-electron chi connectivity index (χ1n) is 9.41. The summed E-state index contributed by atoms with van der Waals surface area (Å²) in [4.78, 5) is 24.3. The van der Waals surface area contributed by atoms with E-state index < -0.39 is 17.7 Å². The van der Waals surface area contributed by atoms with E-state index in [0.29, 0.717) is 29.5 Å². The summed E-state index contributed by atoms with van der Waals surface area (Å²) in [5, 5.41) is 8.24. The fraction of sp³-hybridized carbons (Fsp3) is 0.150. The molecule has 0 unspecified atom stereocenters. The highest BCUT2D eigenvalue weighted by Gasteiger charge is 2.27. The Kier molecular flexibility index (Phi) is 3.48. The Bertz CT molecular complexity index is 1490. The number of aromatic amines is 1. The first-order valence-corrected chi connectivity index (χ1v) is 9.41. The molecule has 0 amide bonds. The van der Waals surface area contributed by atoms with Gasteiger partial charge in [0.1, 0.15) is 11.0 Å². The van der Waals surface area contributed by atoms with Gasteiger partial charge in [-0.1, -0.05) is 29.5 Å². The van der Waals surface area contributed by atoms with Crippen molar-refractivity contribution in [2.45, 2.75) is 19.1 Å². The number of aryl methyl sites for hydroxylation is 1. The third-order valence-corrected chi connectivity index (χ3v) is 5.24. The van der Waals surface area contributed by atoms with Gasteiger partial charge in [-0.15, -0.1) is 5.10 Å². The number of para-hydroxylation sites is 2. The van der Waals surface area contributed by atoms with E-state index in [1.807, 2.05) is 30.3 Å². The van der Waals surface area contributed by atoms with E-state index in [2.05, 4.69) is 25.3 Å². The Balaban J connectivity index is 1.49. The van der Waals surface area contributed by atoms with Crippen molar-refractivity contribution in [2.24, 2.45) is 0 Å². The zero-order chi connectivity index (χ0) is 20.2. The van der Waals surface area contributed by atoms with E-state index in [0.717, 1.165) is 11.1 Å². The third kappa shape index (κ3) is 2.43. The number of ether oxygens (including phenoxy) is 1. The van der Waals surface area contributed by atoms with Crippen LogP contribution in [0.1, 0.15) is 18.2 Å². The number of benzene rings is 2. The van der Waals surface area contributed by atoms with Gasteiger partial charge in [-0.2, -0.15) is 9.67 Å². The van der Waals surface area contributed by atoms with Crippen LogP contribution in [0.4, 0.5) is 4.39 Å². The quantitative estimate of drug-likeness (QED) is 0.486. The van der Waals surface area contributed by atoms with Crippen molar-refractivity contribution in [3.8, 4) is 11.7 Å². The maximum Gasteiger partial charge on any atom is 0.330 e. The van der Waals surface area contributed by atoms with Crippen LogP contribution in [-0.2, 0) is 6.42 Å². The van der Waals surface area contributed by atoms with Crippen molar-refractivity contribution in [1.82, 2.24) is 34.5 Å². The number of imidazole rings is 1. The van der Waals surface area contributed by atoms with Gasteiger partial charge in [0.05, 0.1) is 11.7 Å². The summed E-state index contributed by atoms with van der Waals surface area (Å²) in [6.07, 6.45) is 1.92. The fourth-order valence-electron chi connectivity index (χ4n) is 3.83. The van der Waals surface area contributed by atoms with Gasteiger partial charge in [-0.25, -0.2) is 18.7 Å². The van der Waals surface area contributed by atoms with E-state index in [-0.39, 0.29) is 11.7 Å². The van der Waals surface area contributed by atoms with Gasteiger partial charge in [-0.05, 0) is 30.2 Å². The fourth-order valence-corrected chi connectivity index (χ4v) is 3.83. The van der Waals surface area contributed by atoms with Crippen molar-refractivity contribution in [3.05, 3.63) is 70.5 Å². The molecule has 0 aliphatic carbocycles. The second kappa shape index (κ2) is 6.21. The molecule has 0 saturated carbocycles.